The molecule has 0 aromatic carbocycles. The van der Waals surface area contributed by atoms with Crippen molar-refractivity contribution in [2.24, 2.45) is 5.92 Å². The Bertz CT molecular complexity index is 1120. The van der Waals surface area contributed by atoms with Gasteiger partial charge in [-0.3, -0.25) is 9.48 Å². The van der Waals surface area contributed by atoms with Crippen molar-refractivity contribution in [2.45, 2.75) is 83.9 Å². The fraction of sp³-hybridized carbons (Fsp3) is 0.625. The lowest BCUT2D eigenvalue weighted by molar-refractivity contribution is -0.136. The molecule has 2 aromatic rings. The predicted octanol–water partition coefficient (Wildman–Crippen LogP) is 5.64. The molecular formula is C24H31ClF5N5O3. The Morgan fingerprint density at radius 2 is 2.00 bits per heavy atom. The summed E-state index contributed by atoms with van der Waals surface area (Å²) in [5.41, 5.74) is -1.18. The van der Waals surface area contributed by atoms with Gasteiger partial charge in [-0.25, -0.2) is 4.98 Å². The van der Waals surface area contributed by atoms with Crippen molar-refractivity contribution < 1.29 is 36.6 Å². The Balaban J connectivity index is 1.88. The van der Waals surface area contributed by atoms with Crippen LogP contribution in [-0.2, 0) is 6.54 Å². The molecule has 0 spiro atoms. The van der Waals surface area contributed by atoms with E-state index in [2.05, 4.69) is 32.4 Å². The second-order valence-electron chi connectivity index (χ2n) is 9.73. The molecule has 14 heteroatoms. The maximum absolute atomic E-state index is 13.2. The molecule has 1 unspecified atom stereocenters. The average Bonchev–Trinajstić information content (AvgIpc) is 3.14. The van der Waals surface area contributed by atoms with Crippen LogP contribution in [0.3, 0.4) is 0 Å². The van der Waals surface area contributed by atoms with Gasteiger partial charge in [0.2, 0.25) is 0 Å². The van der Waals surface area contributed by atoms with Crippen molar-refractivity contribution in [3.05, 3.63) is 23.0 Å². The van der Waals surface area contributed by atoms with E-state index in [1.54, 1.807) is 6.92 Å². The van der Waals surface area contributed by atoms with Gasteiger partial charge in [0.15, 0.2) is 5.69 Å². The first-order valence-corrected chi connectivity index (χ1v) is 12.6. The van der Waals surface area contributed by atoms with Gasteiger partial charge in [0.1, 0.15) is 11.6 Å². The number of nitrogens with zero attached hydrogens (tertiary/aromatic N) is 3. The minimum Gasteiger partial charge on any atom is -0.434 e. The van der Waals surface area contributed by atoms with Crippen molar-refractivity contribution in [2.75, 3.05) is 11.9 Å². The van der Waals surface area contributed by atoms with Gasteiger partial charge in [-0.05, 0) is 45.4 Å². The number of hydrogen-bond acceptors (Lipinski definition) is 6. The quantitative estimate of drug-likeness (QED) is 0.321. The standard InChI is InChI=1S/C24H31ClF5N5O3/c1-4-35-20(18(25)19(34-35)21(36)32-12-23(37)7-5-13(2)6-8-23)15-11-31-17(9-16(15)38-22(26)27)33-14(3)10-24(28,29)30/h9,11,13-14,22,37H,4-8,10,12H2,1-3H3,(H,31,33)(H,32,36). The lowest BCUT2D eigenvalue weighted by Crippen LogP contribution is -2.45. The first-order chi connectivity index (χ1) is 17.7. The summed E-state index contributed by atoms with van der Waals surface area (Å²) in [5, 5.41) is 20.0. The van der Waals surface area contributed by atoms with Gasteiger partial charge >= 0.3 is 12.8 Å². The third-order valence-electron chi connectivity index (χ3n) is 6.46. The Hall–Kier alpha value is -2.67. The zero-order chi connectivity index (χ0) is 28.3. The van der Waals surface area contributed by atoms with E-state index in [0.29, 0.717) is 18.8 Å². The first-order valence-electron chi connectivity index (χ1n) is 12.3. The Labute approximate surface area is 221 Å². The number of aromatic nitrogens is 3. The molecule has 1 atom stereocenters. The lowest BCUT2D eigenvalue weighted by atomic mass is 9.79. The van der Waals surface area contributed by atoms with Crippen LogP contribution in [0.4, 0.5) is 27.8 Å². The van der Waals surface area contributed by atoms with Gasteiger partial charge in [0.05, 0.1) is 28.3 Å². The average molecular weight is 568 g/mol. The monoisotopic (exact) mass is 567 g/mol. The first kappa shape index (κ1) is 29.9. The molecule has 1 aliphatic carbocycles. The lowest BCUT2D eigenvalue weighted by Gasteiger charge is -2.34. The van der Waals surface area contributed by atoms with Crippen LogP contribution < -0.4 is 15.4 Å². The number of halogens is 6. The van der Waals surface area contributed by atoms with E-state index < -0.39 is 42.5 Å². The minimum absolute atomic E-state index is 0.000968. The smallest absolute Gasteiger partial charge is 0.391 e. The number of amides is 1. The summed E-state index contributed by atoms with van der Waals surface area (Å²) >= 11 is 6.50. The van der Waals surface area contributed by atoms with E-state index in [1.807, 2.05) is 0 Å². The summed E-state index contributed by atoms with van der Waals surface area (Å²) in [6, 6.07) is -0.0492. The van der Waals surface area contributed by atoms with Crippen molar-refractivity contribution in [1.82, 2.24) is 20.1 Å². The fourth-order valence-corrected chi connectivity index (χ4v) is 4.74. The number of anilines is 1. The molecule has 1 amide bonds. The van der Waals surface area contributed by atoms with Crippen molar-refractivity contribution in [1.29, 1.82) is 0 Å². The molecule has 1 fully saturated rings. The number of aryl methyl sites for hydroxylation is 1. The number of nitrogens with one attached hydrogen (secondary N) is 2. The van der Waals surface area contributed by atoms with Gasteiger partial charge < -0.3 is 20.5 Å². The summed E-state index contributed by atoms with van der Waals surface area (Å²) in [6.45, 7) is 2.01. The number of aliphatic hydroxyl groups is 1. The van der Waals surface area contributed by atoms with E-state index in [-0.39, 0.29) is 40.9 Å². The topological polar surface area (TPSA) is 101 Å². The van der Waals surface area contributed by atoms with Crippen LogP contribution in [0.15, 0.2) is 12.3 Å². The molecule has 38 heavy (non-hydrogen) atoms. The van der Waals surface area contributed by atoms with Crippen LogP contribution in [0.5, 0.6) is 5.75 Å². The van der Waals surface area contributed by atoms with E-state index in [1.165, 1.54) is 11.6 Å². The highest BCUT2D eigenvalue weighted by atomic mass is 35.5. The predicted molar refractivity (Wildman–Crippen MR) is 131 cm³/mol. The highest BCUT2D eigenvalue weighted by Crippen LogP contribution is 2.39. The third-order valence-corrected chi connectivity index (χ3v) is 6.82. The van der Waals surface area contributed by atoms with Crippen LogP contribution in [-0.4, -0.2) is 56.8 Å². The van der Waals surface area contributed by atoms with Crippen LogP contribution >= 0.6 is 11.6 Å². The number of carbonyl (C=O) groups is 1. The van der Waals surface area contributed by atoms with Crippen molar-refractivity contribution >= 4 is 23.3 Å². The summed E-state index contributed by atoms with van der Waals surface area (Å²) in [4.78, 5) is 17.0. The molecule has 3 N–H and O–H groups in total. The van der Waals surface area contributed by atoms with E-state index in [9.17, 15) is 31.9 Å². The highest BCUT2D eigenvalue weighted by molar-refractivity contribution is 6.36. The number of hydrogen-bond donors (Lipinski definition) is 3. The van der Waals surface area contributed by atoms with Crippen LogP contribution in [0.25, 0.3) is 11.3 Å². The highest BCUT2D eigenvalue weighted by Gasteiger charge is 2.34. The number of pyridine rings is 1. The van der Waals surface area contributed by atoms with Crippen LogP contribution in [0, 0.1) is 5.92 Å². The van der Waals surface area contributed by atoms with E-state index in [0.717, 1.165) is 25.1 Å². The number of ether oxygens (including phenoxy) is 1. The molecule has 3 rings (SSSR count). The molecule has 1 saturated carbocycles. The summed E-state index contributed by atoms with van der Waals surface area (Å²) in [7, 11) is 0. The molecule has 8 nitrogen and oxygen atoms in total. The van der Waals surface area contributed by atoms with E-state index in [4.69, 9.17) is 11.6 Å². The van der Waals surface area contributed by atoms with Gasteiger partial charge in [-0.2, -0.15) is 27.1 Å². The van der Waals surface area contributed by atoms with Gasteiger partial charge in [-0.1, -0.05) is 18.5 Å². The maximum atomic E-state index is 13.2. The number of carbonyl (C=O) groups excluding carboxylic acids is 1. The molecule has 0 aliphatic heterocycles. The minimum atomic E-state index is -4.43. The zero-order valence-electron chi connectivity index (χ0n) is 21.2. The van der Waals surface area contributed by atoms with Crippen molar-refractivity contribution in [3.63, 3.8) is 0 Å². The molecule has 0 saturated heterocycles. The number of rotatable bonds is 10. The zero-order valence-corrected chi connectivity index (χ0v) is 22.0. The van der Waals surface area contributed by atoms with Gasteiger partial charge in [0.25, 0.3) is 5.91 Å². The molecular weight excluding hydrogens is 537 g/mol. The largest absolute Gasteiger partial charge is 0.434 e. The molecule has 2 heterocycles. The summed E-state index contributed by atoms with van der Waals surface area (Å²) in [5.74, 6) is -0.686. The Morgan fingerprint density at radius 3 is 2.58 bits per heavy atom. The second-order valence-corrected chi connectivity index (χ2v) is 10.1. The molecule has 2 aromatic heterocycles. The molecule has 1 aliphatic rings. The number of alkyl halides is 5. The molecule has 0 bridgehead atoms. The van der Waals surface area contributed by atoms with Crippen LogP contribution in [0.2, 0.25) is 5.02 Å². The molecule has 212 valence electrons. The maximum Gasteiger partial charge on any atom is 0.391 e. The summed E-state index contributed by atoms with van der Waals surface area (Å²) in [6.07, 6.45) is -1.73. The second kappa shape index (κ2) is 12.0. The van der Waals surface area contributed by atoms with Crippen LogP contribution in [0.1, 0.15) is 63.4 Å². The van der Waals surface area contributed by atoms with Gasteiger partial charge in [0, 0.05) is 31.4 Å². The molecule has 0 radical (unpaired) electrons. The normalized spacial score (nSPS) is 20.9. The van der Waals surface area contributed by atoms with E-state index >= 15 is 0 Å². The Morgan fingerprint density at radius 1 is 1.34 bits per heavy atom. The fourth-order valence-electron chi connectivity index (χ4n) is 4.41. The van der Waals surface area contributed by atoms with Crippen molar-refractivity contribution in [3.8, 4) is 17.0 Å². The Kier molecular flexibility index (Phi) is 9.45. The van der Waals surface area contributed by atoms with Gasteiger partial charge in [-0.15, -0.1) is 0 Å². The third kappa shape index (κ3) is 7.68. The SMILES string of the molecule is CCn1nc(C(=O)NCC2(O)CCC(C)CC2)c(Cl)c1-c1cnc(NC(C)CC(F)(F)F)cc1OC(F)F. The summed E-state index contributed by atoms with van der Waals surface area (Å²) < 4.78 is 70.4.